The van der Waals surface area contributed by atoms with Crippen LogP contribution in [0.15, 0.2) is 47.0 Å². The predicted octanol–water partition coefficient (Wildman–Crippen LogP) is 3.68. The predicted molar refractivity (Wildman–Crippen MR) is 113 cm³/mol. The fraction of sp³-hybridized carbons (Fsp3) is 0.391. The number of benzene rings is 2. The molecule has 1 aromatic heterocycles. The van der Waals surface area contributed by atoms with E-state index >= 15 is 0 Å². The van der Waals surface area contributed by atoms with Crippen LogP contribution in [0.5, 0.6) is 5.75 Å². The maximum Gasteiger partial charge on any atom is 0.241 e. The highest BCUT2D eigenvalue weighted by Gasteiger charge is 2.19. The monoisotopic (exact) mass is 392 g/mol. The lowest BCUT2D eigenvalue weighted by molar-refractivity contribution is 0.112. The zero-order chi connectivity index (χ0) is 20.2. The van der Waals surface area contributed by atoms with E-state index in [4.69, 9.17) is 9.26 Å². The first-order valence-electron chi connectivity index (χ1n) is 10.1. The first-order chi connectivity index (χ1) is 14.1. The molecule has 0 saturated carbocycles. The number of methoxy groups -OCH3 is 1. The molecule has 6 heteroatoms. The second-order valence-electron chi connectivity index (χ2n) is 7.79. The Bertz CT molecular complexity index is 924. The van der Waals surface area contributed by atoms with Crippen molar-refractivity contribution < 1.29 is 9.26 Å². The van der Waals surface area contributed by atoms with Crippen LogP contribution in [0.3, 0.4) is 0 Å². The number of piperazine rings is 1. The standard InChI is InChI=1S/C23H28N4O2/c1-17-12-18(2)14-19(13-17)15-26-8-10-27(11-9-26)16-22-24-23(25-29-22)20-4-6-21(28-3)7-5-20/h4-7,12-14H,8-11,15-16H2,1-3H3. The van der Waals surface area contributed by atoms with Crippen molar-refractivity contribution in [2.24, 2.45) is 0 Å². The Morgan fingerprint density at radius 2 is 1.52 bits per heavy atom. The molecule has 29 heavy (non-hydrogen) atoms. The average molecular weight is 393 g/mol. The molecule has 0 radical (unpaired) electrons. The third-order valence-corrected chi connectivity index (χ3v) is 5.33. The van der Waals surface area contributed by atoms with Gasteiger partial charge in [-0.25, -0.2) is 0 Å². The molecule has 152 valence electrons. The summed E-state index contributed by atoms with van der Waals surface area (Å²) in [5.74, 6) is 2.10. The van der Waals surface area contributed by atoms with Gasteiger partial charge in [-0.15, -0.1) is 0 Å². The van der Waals surface area contributed by atoms with E-state index in [1.54, 1.807) is 7.11 Å². The zero-order valence-electron chi connectivity index (χ0n) is 17.4. The van der Waals surface area contributed by atoms with Gasteiger partial charge in [0.25, 0.3) is 0 Å². The molecule has 2 heterocycles. The van der Waals surface area contributed by atoms with E-state index < -0.39 is 0 Å². The topological polar surface area (TPSA) is 54.6 Å². The summed E-state index contributed by atoms with van der Waals surface area (Å²) in [5.41, 5.74) is 5.00. The largest absolute Gasteiger partial charge is 0.497 e. The van der Waals surface area contributed by atoms with Crippen molar-refractivity contribution in [2.45, 2.75) is 26.9 Å². The van der Waals surface area contributed by atoms with Gasteiger partial charge in [0.1, 0.15) is 5.75 Å². The number of nitrogens with zero attached hydrogens (tertiary/aromatic N) is 4. The van der Waals surface area contributed by atoms with Gasteiger partial charge < -0.3 is 9.26 Å². The van der Waals surface area contributed by atoms with Crippen molar-refractivity contribution in [3.8, 4) is 17.1 Å². The van der Waals surface area contributed by atoms with Crippen molar-refractivity contribution >= 4 is 0 Å². The van der Waals surface area contributed by atoms with Gasteiger partial charge in [-0.2, -0.15) is 4.98 Å². The SMILES string of the molecule is COc1ccc(-c2noc(CN3CCN(Cc4cc(C)cc(C)c4)CC3)n2)cc1. The van der Waals surface area contributed by atoms with Crippen LogP contribution < -0.4 is 4.74 Å². The van der Waals surface area contributed by atoms with Gasteiger partial charge in [0.2, 0.25) is 11.7 Å². The molecule has 0 N–H and O–H groups in total. The number of ether oxygens (including phenoxy) is 1. The van der Waals surface area contributed by atoms with Crippen LogP contribution in [0.1, 0.15) is 22.6 Å². The quantitative estimate of drug-likeness (QED) is 0.638. The van der Waals surface area contributed by atoms with Gasteiger partial charge in [-0.05, 0) is 43.7 Å². The van der Waals surface area contributed by atoms with Crippen LogP contribution in [0, 0.1) is 13.8 Å². The summed E-state index contributed by atoms with van der Waals surface area (Å²) in [6.07, 6.45) is 0. The second kappa shape index (κ2) is 8.76. The first kappa shape index (κ1) is 19.6. The highest BCUT2D eigenvalue weighted by Crippen LogP contribution is 2.20. The summed E-state index contributed by atoms with van der Waals surface area (Å²) in [6.45, 7) is 10.1. The molecule has 0 unspecified atom stereocenters. The molecule has 2 aromatic carbocycles. The van der Waals surface area contributed by atoms with E-state index in [9.17, 15) is 0 Å². The molecule has 0 bridgehead atoms. The fourth-order valence-electron chi connectivity index (χ4n) is 3.89. The minimum atomic E-state index is 0.621. The van der Waals surface area contributed by atoms with Crippen molar-refractivity contribution in [1.29, 1.82) is 0 Å². The summed E-state index contributed by atoms with van der Waals surface area (Å²) < 4.78 is 10.7. The van der Waals surface area contributed by atoms with Gasteiger partial charge in [0.05, 0.1) is 13.7 Å². The Hall–Kier alpha value is -2.70. The molecule has 1 aliphatic rings. The number of aryl methyl sites for hydroxylation is 2. The van der Waals surface area contributed by atoms with Crippen LogP contribution in [0.4, 0.5) is 0 Å². The number of aromatic nitrogens is 2. The van der Waals surface area contributed by atoms with Gasteiger partial charge >= 0.3 is 0 Å². The van der Waals surface area contributed by atoms with Gasteiger partial charge in [0, 0.05) is 38.3 Å². The molecule has 0 amide bonds. The van der Waals surface area contributed by atoms with Crippen LogP contribution in [-0.2, 0) is 13.1 Å². The Balaban J connectivity index is 1.30. The normalized spacial score (nSPS) is 15.6. The molecule has 4 rings (SSSR count). The van der Waals surface area contributed by atoms with Crippen LogP contribution >= 0.6 is 0 Å². The maximum atomic E-state index is 5.48. The number of rotatable bonds is 6. The van der Waals surface area contributed by atoms with Crippen LogP contribution in [-0.4, -0.2) is 53.2 Å². The van der Waals surface area contributed by atoms with E-state index in [-0.39, 0.29) is 0 Å². The van der Waals surface area contributed by atoms with E-state index in [0.717, 1.165) is 44.0 Å². The minimum absolute atomic E-state index is 0.621. The molecule has 1 fully saturated rings. The molecule has 0 aliphatic carbocycles. The summed E-state index contributed by atoms with van der Waals surface area (Å²) in [5, 5.41) is 4.13. The Kier molecular flexibility index (Phi) is 5.92. The van der Waals surface area contributed by atoms with Crippen LogP contribution in [0.2, 0.25) is 0 Å². The number of hydrogen-bond acceptors (Lipinski definition) is 6. The highest BCUT2D eigenvalue weighted by molar-refractivity contribution is 5.55. The minimum Gasteiger partial charge on any atom is -0.497 e. The second-order valence-corrected chi connectivity index (χ2v) is 7.79. The van der Waals surface area contributed by atoms with E-state index in [2.05, 4.69) is 52.0 Å². The number of hydrogen-bond donors (Lipinski definition) is 0. The molecule has 1 saturated heterocycles. The fourth-order valence-corrected chi connectivity index (χ4v) is 3.89. The van der Waals surface area contributed by atoms with Gasteiger partial charge in [0.15, 0.2) is 0 Å². The lowest BCUT2D eigenvalue weighted by Gasteiger charge is -2.34. The highest BCUT2D eigenvalue weighted by atomic mass is 16.5. The average Bonchev–Trinajstić information content (AvgIpc) is 3.17. The van der Waals surface area contributed by atoms with E-state index in [0.29, 0.717) is 18.3 Å². The van der Waals surface area contributed by atoms with Gasteiger partial charge in [-0.3, -0.25) is 9.80 Å². The molecule has 6 nitrogen and oxygen atoms in total. The van der Waals surface area contributed by atoms with Crippen molar-refractivity contribution in [1.82, 2.24) is 19.9 Å². The van der Waals surface area contributed by atoms with Crippen molar-refractivity contribution in [2.75, 3.05) is 33.3 Å². The summed E-state index contributed by atoms with van der Waals surface area (Å²) >= 11 is 0. The summed E-state index contributed by atoms with van der Waals surface area (Å²) in [7, 11) is 1.66. The molecular formula is C23H28N4O2. The molecule has 3 aromatic rings. The third kappa shape index (κ3) is 5.02. The van der Waals surface area contributed by atoms with E-state index in [1.807, 2.05) is 24.3 Å². The first-order valence-corrected chi connectivity index (χ1v) is 10.1. The lowest BCUT2D eigenvalue weighted by Crippen LogP contribution is -2.45. The van der Waals surface area contributed by atoms with E-state index in [1.165, 1.54) is 16.7 Å². The third-order valence-electron chi connectivity index (χ3n) is 5.33. The molecule has 1 aliphatic heterocycles. The maximum absolute atomic E-state index is 5.48. The smallest absolute Gasteiger partial charge is 0.241 e. The molecule has 0 spiro atoms. The zero-order valence-corrected chi connectivity index (χ0v) is 17.4. The lowest BCUT2D eigenvalue weighted by atomic mass is 10.1. The Labute approximate surface area is 172 Å². The Morgan fingerprint density at radius 3 is 2.14 bits per heavy atom. The summed E-state index contributed by atoms with van der Waals surface area (Å²) in [6, 6.07) is 14.5. The van der Waals surface area contributed by atoms with Gasteiger partial charge in [-0.1, -0.05) is 34.5 Å². The Morgan fingerprint density at radius 1 is 0.897 bits per heavy atom. The van der Waals surface area contributed by atoms with Crippen LogP contribution in [0.25, 0.3) is 11.4 Å². The van der Waals surface area contributed by atoms with Crippen molar-refractivity contribution in [3.05, 3.63) is 65.0 Å². The van der Waals surface area contributed by atoms with Crippen molar-refractivity contribution in [3.63, 3.8) is 0 Å². The molecular weight excluding hydrogens is 364 g/mol. The molecule has 0 atom stereocenters. The summed E-state index contributed by atoms with van der Waals surface area (Å²) in [4.78, 5) is 9.46.